The Kier molecular flexibility index (Phi) is 4.42. The summed E-state index contributed by atoms with van der Waals surface area (Å²) >= 11 is 0. The maximum Gasteiger partial charge on any atom is 0.409 e. The van der Waals surface area contributed by atoms with Crippen LogP contribution in [0.5, 0.6) is 5.75 Å². The number of likely N-dealkylation sites (tertiary alicyclic amines) is 1. The monoisotopic (exact) mass is 329 g/mol. The van der Waals surface area contributed by atoms with Crippen LogP contribution in [0.15, 0.2) is 18.2 Å². The number of amides is 1. The van der Waals surface area contributed by atoms with Gasteiger partial charge in [-0.25, -0.2) is 4.79 Å². The molecular weight excluding hydrogens is 306 g/mol. The largest absolute Gasteiger partial charge is 0.508 e. The van der Waals surface area contributed by atoms with E-state index in [4.69, 9.17) is 4.74 Å². The summed E-state index contributed by atoms with van der Waals surface area (Å²) in [5, 5.41) is 20.7. The number of aliphatic hydroxyl groups is 1. The maximum atomic E-state index is 11.9. The Morgan fingerprint density at radius 2 is 2.21 bits per heavy atom. The van der Waals surface area contributed by atoms with Gasteiger partial charge in [0.25, 0.3) is 0 Å². The number of hydrogen-bond acceptors (Lipinski definition) is 4. The van der Waals surface area contributed by atoms with Gasteiger partial charge in [-0.3, -0.25) is 0 Å². The molecule has 128 valence electrons. The van der Waals surface area contributed by atoms with E-state index in [1.54, 1.807) is 23.1 Å². The molecule has 2 fully saturated rings. The predicted molar refractivity (Wildman–Crippen MR) is 89.5 cm³/mol. The van der Waals surface area contributed by atoms with Gasteiger partial charge in [-0.1, -0.05) is 11.8 Å². The number of phenolic OH excluding ortho intramolecular Hbond substituents is 1. The van der Waals surface area contributed by atoms with E-state index in [1.165, 1.54) is 7.11 Å². The number of benzene rings is 1. The summed E-state index contributed by atoms with van der Waals surface area (Å²) < 4.78 is 4.85. The number of aryl methyl sites for hydroxylation is 1. The van der Waals surface area contributed by atoms with Gasteiger partial charge in [0.1, 0.15) is 11.4 Å². The molecule has 0 spiro atoms. The van der Waals surface area contributed by atoms with Crippen LogP contribution in [0.2, 0.25) is 0 Å². The topological polar surface area (TPSA) is 70.0 Å². The lowest BCUT2D eigenvalue weighted by atomic mass is 9.73. The number of rotatable bonds is 0. The van der Waals surface area contributed by atoms with E-state index in [1.807, 2.05) is 6.92 Å². The average Bonchev–Trinajstić information content (AvgIpc) is 3.01. The summed E-state index contributed by atoms with van der Waals surface area (Å²) in [6, 6.07) is 5.16. The first-order chi connectivity index (χ1) is 11.4. The Bertz CT molecular complexity index is 705. The summed E-state index contributed by atoms with van der Waals surface area (Å²) in [5.41, 5.74) is 0.439. The van der Waals surface area contributed by atoms with Crippen molar-refractivity contribution >= 4 is 6.09 Å². The molecule has 1 aromatic rings. The zero-order valence-corrected chi connectivity index (χ0v) is 14.1. The van der Waals surface area contributed by atoms with Crippen molar-refractivity contribution in [2.24, 2.45) is 5.92 Å². The molecule has 1 amide bonds. The summed E-state index contributed by atoms with van der Waals surface area (Å²) in [6.07, 6.45) is 2.73. The van der Waals surface area contributed by atoms with Gasteiger partial charge in [0.05, 0.1) is 7.11 Å². The maximum absolute atomic E-state index is 11.9. The Hall–Kier alpha value is -2.19. The van der Waals surface area contributed by atoms with E-state index in [9.17, 15) is 15.0 Å². The molecule has 24 heavy (non-hydrogen) atoms. The van der Waals surface area contributed by atoms with Crippen molar-refractivity contribution < 1.29 is 19.7 Å². The lowest BCUT2D eigenvalue weighted by Crippen LogP contribution is -2.49. The molecule has 1 aromatic carbocycles. The normalized spacial score (nSPS) is 28.7. The highest BCUT2D eigenvalue weighted by molar-refractivity contribution is 5.68. The third-order valence-electron chi connectivity index (χ3n) is 5.25. The van der Waals surface area contributed by atoms with Crippen molar-refractivity contribution in [3.63, 3.8) is 0 Å². The second-order valence-electron chi connectivity index (χ2n) is 6.69. The third kappa shape index (κ3) is 2.94. The van der Waals surface area contributed by atoms with Crippen molar-refractivity contribution in [2.45, 2.75) is 44.2 Å². The quantitative estimate of drug-likeness (QED) is 0.717. The van der Waals surface area contributed by atoms with Gasteiger partial charge in [-0.05, 0) is 56.4 Å². The molecule has 1 heterocycles. The number of carbonyl (C=O) groups is 1. The van der Waals surface area contributed by atoms with Crippen LogP contribution < -0.4 is 0 Å². The summed E-state index contributed by atoms with van der Waals surface area (Å²) in [6.45, 7) is 2.42. The summed E-state index contributed by atoms with van der Waals surface area (Å²) in [5.74, 6) is 6.30. The fraction of sp³-hybridized carbons (Fsp3) is 0.526. The second-order valence-corrected chi connectivity index (χ2v) is 6.69. The molecule has 0 bridgehead atoms. The van der Waals surface area contributed by atoms with Crippen LogP contribution in [0.4, 0.5) is 4.79 Å². The lowest BCUT2D eigenvalue weighted by Gasteiger charge is -2.39. The summed E-state index contributed by atoms with van der Waals surface area (Å²) in [7, 11) is 1.39. The molecule has 1 saturated heterocycles. The number of hydrogen-bond donors (Lipinski definition) is 2. The van der Waals surface area contributed by atoms with Crippen LogP contribution in [0.25, 0.3) is 0 Å². The molecule has 3 atom stereocenters. The van der Waals surface area contributed by atoms with Crippen molar-refractivity contribution in [1.82, 2.24) is 4.90 Å². The second kappa shape index (κ2) is 6.37. The van der Waals surface area contributed by atoms with Gasteiger partial charge < -0.3 is 19.8 Å². The van der Waals surface area contributed by atoms with Crippen LogP contribution >= 0.6 is 0 Å². The fourth-order valence-corrected chi connectivity index (χ4v) is 3.95. The number of nitrogens with zero attached hydrogens (tertiary/aromatic N) is 1. The number of methoxy groups -OCH3 is 1. The first kappa shape index (κ1) is 16.7. The summed E-state index contributed by atoms with van der Waals surface area (Å²) in [4.78, 5) is 13.6. The van der Waals surface area contributed by atoms with E-state index in [-0.39, 0.29) is 23.8 Å². The van der Waals surface area contributed by atoms with E-state index in [2.05, 4.69) is 11.8 Å². The number of ether oxygens (including phenoxy) is 1. The van der Waals surface area contributed by atoms with Crippen LogP contribution in [0.3, 0.4) is 0 Å². The van der Waals surface area contributed by atoms with Gasteiger partial charge >= 0.3 is 6.09 Å². The standard InChI is InChI=1S/C19H23NO4/c1-13-12-14(5-6-17(13)21)7-10-19(23)9-3-4-16-15(19)8-11-20(16)18(22)24-2/h5-6,12,15-16,21,23H,3-4,8-9,11H2,1-2H3/t15-,16-,19-/m1/s1. The van der Waals surface area contributed by atoms with Crippen molar-refractivity contribution in [3.8, 4) is 17.6 Å². The predicted octanol–water partition coefficient (Wildman–Crippen LogP) is 2.42. The van der Waals surface area contributed by atoms with Gasteiger partial charge in [0.2, 0.25) is 0 Å². The Labute approximate surface area is 142 Å². The van der Waals surface area contributed by atoms with Gasteiger partial charge in [0, 0.05) is 24.1 Å². The van der Waals surface area contributed by atoms with Gasteiger partial charge in [-0.15, -0.1) is 0 Å². The minimum absolute atomic E-state index is 0.00736. The molecule has 0 aromatic heterocycles. The molecule has 1 aliphatic carbocycles. The van der Waals surface area contributed by atoms with Crippen LogP contribution in [0.1, 0.15) is 36.8 Å². The molecule has 2 aliphatic rings. The highest BCUT2D eigenvalue weighted by Crippen LogP contribution is 2.42. The molecule has 2 N–H and O–H groups in total. The Morgan fingerprint density at radius 3 is 2.92 bits per heavy atom. The number of carbonyl (C=O) groups excluding carboxylic acids is 1. The Morgan fingerprint density at radius 1 is 1.42 bits per heavy atom. The third-order valence-corrected chi connectivity index (χ3v) is 5.25. The van der Waals surface area contributed by atoms with Crippen molar-refractivity contribution in [2.75, 3.05) is 13.7 Å². The minimum Gasteiger partial charge on any atom is -0.508 e. The van der Waals surface area contributed by atoms with E-state index in [0.717, 1.165) is 30.4 Å². The number of fused-ring (bicyclic) bond motifs is 1. The molecule has 0 unspecified atom stereocenters. The lowest BCUT2D eigenvalue weighted by molar-refractivity contribution is -0.0136. The molecular formula is C19H23NO4. The average molecular weight is 329 g/mol. The van der Waals surface area contributed by atoms with Gasteiger partial charge in [-0.2, -0.15) is 0 Å². The zero-order valence-electron chi connectivity index (χ0n) is 14.1. The van der Waals surface area contributed by atoms with Crippen LogP contribution in [-0.2, 0) is 4.74 Å². The first-order valence-corrected chi connectivity index (χ1v) is 8.34. The Balaban J connectivity index is 1.84. The molecule has 3 rings (SSSR count). The highest BCUT2D eigenvalue weighted by atomic mass is 16.5. The number of aromatic hydroxyl groups is 1. The zero-order chi connectivity index (χ0) is 17.3. The van der Waals surface area contributed by atoms with E-state index in [0.29, 0.717) is 13.0 Å². The van der Waals surface area contributed by atoms with Crippen LogP contribution in [-0.4, -0.2) is 46.5 Å². The van der Waals surface area contributed by atoms with Gasteiger partial charge in [0.15, 0.2) is 0 Å². The van der Waals surface area contributed by atoms with Crippen molar-refractivity contribution in [3.05, 3.63) is 29.3 Å². The van der Waals surface area contributed by atoms with Crippen LogP contribution in [0, 0.1) is 24.7 Å². The molecule has 5 nitrogen and oxygen atoms in total. The fourth-order valence-electron chi connectivity index (χ4n) is 3.95. The van der Waals surface area contributed by atoms with E-state index >= 15 is 0 Å². The van der Waals surface area contributed by atoms with Crippen molar-refractivity contribution in [1.29, 1.82) is 0 Å². The SMILES string of the molecule is COC(=O)N1CC[C@@H]2[C@H]1CCC[C@@]2(O)C#Cc1ccc(O)c(C)c1. The minimum atomic E-state index is -1.09. The molecule has 5 heteroatoms. The molecule has 0 radical (unpaired) electrons. The number of phenols is 1. The molecule has 1 saturated carbocycles. The first-order valence-electron chi connectivity index (χ1n) is 8.34. The highest BCUT2D eigenvalue weighted by Gasteiger charge is 2.50. The molecule has 1 aliphatic heterocycles. The smallest absolute Gasteiger partial charge is 0.409 e. The van der Waals surface area contributed by atoms with E-state index < -0.39 is 5.60 Å².